The number of carbonyl (C=O) groups excluding carboxylic acids is 2. The van der Waals surface area contributed by atoms with E-state index in [2.05, 4.69) is 10.5 Å². The summed E-state index contributed by atoms with van der Waals surface area (Å²) >= 11 is 0. The van der Waals surface area contributed by atoms with E-state index in [0.717, 1.165) is 0 Å². The molecule has 1 saturated heterocycles. The van der Waals surface area contributed by atoms with E-state index in [1.807, 2.05) is 0 Å². The Kier molecular flexibility index (Phi) is 5.64. The lowest BCUT2D eigenvalue weighted by atomic mass is 10.1. The summed E-state index contributed by atoms with van der Waals surface area (Å²) in [6.45, 7) is 0.414. The Bertz CT molecular complexity index is 926. The molecule has 1 fully saturated rings. The van der Waals surface area contributed by atoms with Crippen LogP contribution in [0.4, 0.5) is 5.69 Å². The molecule has 2 aromatic carbocycles. The predicted octanol–water partition coefficient (Wildman–Crippen LogP) is 2.06. The van der Waals surface area contributed by atoms with Gasteiger partial charge in [-0.1, -0.05) is 12.1 Å². The molecular weight excluding hydrogens is 364 g/mol. The molecule has 0 spiro atoms. The first-order chi connectivity index (χ1) is 13.5. The van der Waals surface area contributed by atoms with E-state index in [1.54, 1.807) is 18.2 Å². The lowest BCUT2D eigenvalue weighted by Gasteiger charge is -2.23. The van der Waals surface area contributed by atoms with Crippen LogP contribution in [0.5, 0.6) is 5.75 Å². The number of rotatable bonds is 5. The lowest BCUT2D eigenvalue weighted by Crippen LogP contribution is -2.44. The SMILES string of the molecule is O=C(N/N=C/c1ccccc1O)[C@@H]1CCCN1C(=O)c1ccc([N+](=O)[O-])cc1. The highest BCUT2D eigenvalue weighted by molar-refractivity contribution is 5.98. The van der Waals surface area contributed by atoms with Crippen molar-refractivity contribution in [3.63, 3.8) is 0 Å². The summed E-state index contributed by atoms with van der Waals surface area (Å²) in [4.78, 5) is 36.8. The van der Waals surface area contributed by atoms with E-state index in [1.165, 1.54) is 41.4 Å². The molecule has 1 heterocycles. The zero-order valence-electron chi connectivity index (χ0n) is 14.8. The molecule has 1 aliphatic rings. The van der Waals surface area contributed by atoms with Gasteiger partial charge >= 0.3 is 0 Å². The quantitative estimate of drug-likeness (QED) is 0.465. The van der Waals surface area contributed by atoms with Crippen LogP contribution in [0.1, 0.15) is 28.8 Å². The Morgan fingerprint density at radius 3 is 2.61 bits per heavy atom. The fourth-order valence-corrected chi connectivity index (χ4v) is 3.01. The first-order valence-electron chi connectivity index (χ1n) is 8.63. The van der Waals surface area contributed by atoms with Gasteiger partial charge in [0, 0.05) is 29.8 Å². The van der Waals surface area contributed by atoms with Crippen LogP contribution in [0.2, 0.25) is 0 Å². The average molecular weight is 382 g/mol. The van der Waals surface area contributed by atoms with Crippen LogP contribution in [0.25, 0.3) is 0 Å². The van der Waals surface area contributed by atoms with E-state index >= 15 is 0 Å². The van der Waals surface area contributed by atoms with Gasteiger partial charge in [0.1, 0.15) is 11.8 Å². The molecule has 1 atom stereocenters. The summed E-state index contributed by atoms with van der Waals surface area (Å²) in [5, 5.41) is 24.3. The van der Waals surface area contributed by atoms with Crippen LogP contribution in [0.15, 0.2) is 53.6 Å². The van der Waals surface area contributed by atoms with Gasteiger partial charge < -0.3 is 10.0 Å². The molecule has 2 aromatic rings. The molecule has 2 N–H and O–H groups in total. The van der Waals surface area contributed by atoms with Crippen molar-refractivity contribution in [2.24, 2.45) is 5.10 Å². The zero-order valence-corrected chi connectivity index (χ0v) is 14.8. The number of amides is 2. The van der Waals surface area contributed by atoms with Crippen molar-refractivity contribution in [1.29, 1.82) is 0 Å². The topological polar surface area (TPSA) is 125 Å². The van der Waals surface area contributed by atoms with Crippen molar-refractivity contribution in [2.45, 2.75) is 18.9 Å². The van der Waals surface area contributed by atoms with Crippen molar-refractivity contribution < 1.29 is 19.6 Å². The summed E-state index contributed by atoms with van der Waals surface area (Å²) in [5.74, 6) is -0.756. The molecule has 0 bridgehead atoms. The van der Waals surface area contributed by atoms with Gasteiger partial charge in [0.05, 0.1) is 11.1 Å². The maximum atomic E-state index is 12.7. The molecule has 144 valence electrons. The van der Waals surface area contributed by atoms with Gasteiger partial charge in [-0.25, -0.2) is 5.43 Å². The Hall–Kier alpha value is -3.75. The summed E-state index contributed by atoms with van der Waals surface area (Å²) < 4.78 is 0. The Morgan fingerprint density at radius 1 is 1.21 bits per heavy atom. The molecule has 9 heteroatoms. The Labute approximate surface area is 160 Å². The maximum absolute atomic E-state index is 12.7. The first-order valence-corrected chi connectivity index (χ1v) is 8.63. The minimum atomic E-state index is -0.677. The fraction of sp³-hybridized carbons (Fsp3) is 0.211. The predicted molar refractivity (Wildman–Crippen MR) is 101 cm³/mol. The number of hydrogen-bond acceptors (Lipinski definition) is 6. The van der Waals surface area contributed by atoms with E-state index in [-0.39, 0.29) is 22.9 Å². The smallest absolute Gasteiger partial charge is 0.269 e. The number of nitrogens with one attached hydrogen (secondary N) is 1. The molecule has 0 saturated carbocycles. The van der Waals surface area contributed by atoms with Crippen LogP contribution >= 0.6 is 0 Å². The number of benzene rings is 2. The molecule has 2 amide bonds. The minimum Gasteiger partial charge on any atom is -0.507 e. The number of likely N-dealkylation sites (tertiary alicyclic amines) is 1. The number of nitro groups is 1. The third kappa shape index (κ3) is 4.14. The highest BCUT2D eigenvalue weighted by atomic mass is 16.6. The molecule has 28 heavy (non-hydrogen) atoms. The van der Waals surface area contributed by atoms with Crippen LogP contribution < -0.4 is 5.43 Å². The third-order valence-corrected chi connectivity index (χ3v) is 4.46. The molecule has 3 rings (SSSR count). The molecule has 0 aromatic heterocycles. The van der Waals surface area contributed by atoms with Crippen molar-refractivity contribution in [1.82, 2.24) is 10.3 Å². The van der Waals surface area contributed by atoms with Gasteiger partial charge in [0.15, 0.2) is 0 Å². The largest absolute Gasteiger partial charge is 0.507 e. The summed E-state index contributed by atoms with van der Waals surface area (Å²) in [5.41, 5.74) is 3.02. The van der Waals surface area contributed by atoms with Gasteiger partial charge in [-0.3, -0.25) is 19.7 Å². The van der Waals surface area contributed by atoms with Gasteiger partial charge in [-0.15, -0.1) is 0 Å². The number of carbonyl (C=O) groups is 2. The number of nitrogens with zero attached hydrogens (tertiary/aromatic N) is 3. The second-order valence-corrected chi connectivity index (χ2v) is 6.25. The summed E-state index contributed by atoms with van der Waals surface area (Å²) in [7, 11) is 0. The number of para-hydroxylation sites is 1. The van der Waals surface area contributed by atoms with Crippen LogP contribution in [0, 0.1) is 10.1 Å². The number of phenols is 1. The van der Waals surface area contributed by atoms with E-state index in [0.29, 0.717) is 24.9 Å². The van der Waals surface area contributed by atoms with E-state index in [4.69, 9.17) is 0 Å². The standard InChI is InChI=1S/C19H18N4O5/c24-17-6-2-1-4-14(17)12-20-21-18(25)16-5-3-11-22(16)19(26)13-7-9-15(10-8-13)23(27)28/h1-2,4,6-10,12,16,24H,3,5,11H2,(H,21,25)/b20-12+/t16-/m0/s1. The molecule has 0 radical (unpaired) electrons. The number of hydrazone groups is 1. The first kappa shape index (κ1) is 19.0. The number of aromatic hydroxyl groups is 1. The summed E-state index contributed by atoms with van der Waals surface area (Å²) in [6.07, 6.45) is 2.49. The van der Waals surface area contributed by atoms with Gasteiger partial charge in [-0.2, -0.15) is 5.10 Å². The molecule has 0 unspecified atom stereocenters. The molecule has 1 aliphatic heterocycles. The molecule has 9 nitrogen and oxygen atoms in total. The van der Waals surface area contributed by atoms with Crippen LogP contribution in [-0.2, 0) is 4.79 Å². The Morgan fingerprint density at radius 2 is 1.93 bits per heavy atom. The fourth-order valence-electron chi connectivity index (χ4n) is 3.01. The molecular formula is C19H18N4O5. The number of hydrogen-bond donors (Lipinski definition) is 2. The Balaban J connectivity index is 1.66. The van der Waals surface area contributed by atoms with Crippen molar-refractivity contribution in [3.8, 4) is 5.75 Å². The van der Waals surface area contributed by atoms with Gasteiger partial charge in [0.25, 0.3) is 17.5 Å². The number of nitro benzene ring substituents is 1. The van der Waals surface area contributed by atoms with E-state index in [9.17, 15) is 24.8 Å². The molecule has 0 aliphatic carbocycles. The number of phenolic OH excluding ortho intramolecular Hbond substituents is 1. The lowest BCUT2D eigenvalue weighted by molar-refractivity contribution is -0.384. The second-order valence-electron chi connectivity index (χ2n) is 6.25. The minimum absolute atomic E-state index is 0.0383. The third-order valence-electron chi connectivity index (χ3n) is 4.46. The monoisotopic (exact) mass is 382 g/mol. The maximum Gasteiger partial charge on any atom is 0.269 e. The van der Waals surface area contributed by atoms with Crippen LogP contribution in [-0.4, -0.2) is 45.5 Å². The van der Waals surface area contributed by atoms with Crippen molar-refractivity contribution in [3.05, 3.63) is 69.8 Å². The second kappa shape index (κ2) is 8.30. The van der Waals surface area contributed by atoms with Gasteiger partial charge in [-0.05, 0) is 37.1 Å². The average Bonchev–Trinajstić information content (AvgIpc) is 3.19. The highest BCUT2D eigenvalue weighted by Crippen LogP contribution is 2.22. The zero-order chi connectivity index (χ0) is 20.1. The van der Waals surface area contributed by atoms with Crippen molar-refractivity contribution >= 4 is 23.7 Å². The summed E-state index contributed by atoms with van der Waals surface area (Å²) in [6, 6.07) is 11.1. The number of non-ortho nitro benzene ring substituents is 1. The normalized spacial score (nSPS) is 16.3. The van der Waals surface area contributed by atoms with E-state index < -0.39 is 16.9 Å². The highest BCUT2D eigenvalue weighted by Gasteiger charge is 2.34. The van der Waals surface area contributed by atoms with Crippen LogP contribution in [0.3, 0.4) is 0 Å². The van der Waals surface area contributed by atoms with Gasteiger partial charge in [0.2, 0.25) is 0 Å². The van der Waals surface area contributed by atoms with Crippen molar-refractivity contribution in [2.75, 3.05) is 6.54 Å².